The summed E-state index contributed by atoms with van der Waals surface area (Å²) >= 11 is 3.27. The van der Waals surface area contributed by atoms with Crippen molar-refractivity contribution in [1.82, 2.24) is 9.38 Å². The molecule has 0 aliphatic carbocycles. The number of pyridine rings is 1. The van der Waals surface area contributed by atoms with Crippen LogP contribution in [-0.2, 0) is 5.75 Å². The quantitative estimate of drug-likeness (QED) is 0.424. The van der Waals surface area contributed by atoms with Crippen LogP contribution in [-0.4, -0.2) is 21.5 Å². The van der Waals surface area contributed by atoms with Crippen LogP contribution in [0.2, 0.25) is 0 Å². The van der Waals surface area contributed by atoms with Crippen LogP contribution in [0.3, 0.4) is 0 Å². The van der Waals surface area contributed by atoms with Crippen LogP contribution in [0.25, 0.3) is 5.65 Å². The molecule has 1 N–H and O–H groups in total. The fraction of sp³-hybridized carbons (Fsp3) is 0.0909. The normalized spacial score (nSPS) is 10.9. The van der Waals surface area contributed by atoms with Gasteiger partial charge >= 0.3 is 0 Å². The second kappa shape index (κ2) is 8.54. The fourth-order valence-electron chi connectivity index (χ4n) is 2.89. The largest absolute Gasteiger partial charge is 0.322 e. The van der Waals surface area contributed by atoms with E-state index >= 15 is 0 Å². The summed E-state index contributed by atoms with van der Waals surface area (Å²) in [5, 5.41) is 3.01. The van der Waals surface area contributed by atoms with E-state index in [1.807, 2.05) is 89.8 Å². The molecular formula is C22H19N3OS2. The molecule has 0 atom stereocenters. The Hall–Kier alpha value is -2.70. The first kappa shape index (κ1) is 18.7. The van der Waals surface area contributed by atoms with Crippen molar-refractivity contribution in [1.29, 1.82) is 0 Å². The smallest absolute Gasteiger partial charge is 0.256 e. The molecule has 6 heteroatoms. The van der Waals surface area contributed by atoms with Crippen LogP contribution in [0.15, 0.2) is 88.9 Å². The third-order valence-electron chi connectivity index (χ3n) is 4.25. The van der Waals surface area contributed by atoms with Gasteiger partial charge in [-0.25, -0.2) is 4.98 Å². The van der Waals surface area contributed by atoms with E-state index in [0.717, 1.165) is 26.8 Å². The molecule has 0 fully saturated rings. The lowest BCUT2D eigenvalue weighted by Crippen LogP contribution is -2.13. The lowest BCUT2D eigenvalue weighted by molar-refractivity contribution is 0.102. The van der Waals surface area contributed by atoms with Crippen molar-refractivity contribution in [3.63, 3.8) is 0 Å². The molecule has 0 unspecified atom stereocenters. The first-order valence-corrected chi connectivity index (χ1v) is 11.0. The van der Waals surface area contributed by atoms with Crippen LogP contribution >= 0.6 is 23.5 Å². The van der Waals surface area contributed by atoms with Gasteiger partial charge in [-0.2, -0.15) is 0 Å². The van der Waals surface area contributed by atoms with Crippen molar-refractivity contribution >= 4 is 40.8 Å². The summed E-state index contributed by atoms with van der Waals surface area (Å²) in [4.78, 5) is 19.5. The van der Waals surface area contributed by atoms with Gasteiger partial charge in [-0.1, -0.05) is 24.3 Å². The number of carbonyl (C=O) groups is 1. The average Bonchev–Trinajstić information content (AvgIpc) is 3.15. The minimum atomic E-state index is -0.101. The Bertz CT molecular complexity index is 1090. The van der Waals surface area contributed by atoms with Gasteiger partial charge in [-0.15, -0.1) is 23.5 Å². The van der Waals surface area contributed by atoms with E-state index < -0.39 is 0 Å². The number of amides is 1. The van der Waals surface area contributed by atoms with E-state index in [1.165, 1.54) is 0 Å². The number of hydrogen-bond acceptors (Lipinski definition) is 4. The molecule has 0 spiro atoms. The molecule has 2 aromatic heterocycles. The van der Waals surface area contributed by atoms with E-state index in [4.69, 9.17) is 0 Å². The minimum absolute atomic E-state index is 0.101. The Morgan fingerprint density at radius 2 is 1.93 bits per heavy atom. The number of anilines is 1. The van der Waals surface area contributed by atoms with Gasteiger partial charge in [-0.3, -0.25) is 4.79 Å². The molecule has 28 heavy (non-hydrogen) atoms. The van der Waals surface area contributed by atoms with Crippen LogP contribution in [0, 0.1) is 0 Å². The zero-order valence-electron chi connectivity index (χ0n) is 15.3. The molecular weight excluding hydrogens is 386 g/mol. The number of nitrogens with zero attached hydrogens (tertiary/aromatic N) is 2. The molecule has 2 aromatic carbocycles. The van der Waals surface area contributed by atoms with E-state index in [0.29, 0.717) is 11.3 Å². The molecule has 1 amide bonds. The number of carbonyl (C=O) groups excluding carboxylic acids is 1. The number of rotatable bonds is 6. The van der Waals surface area contributed by atoms with Crippen LogP contribution in [0.1, 0.15) is 16.1 Å². The van der Waals surface area contributed by atoms with E-state index in [2.05, 4.69) is 10.3 Å². The number of hydrogen-bond donors (Lipinski definition) is 1. The van der Waals surface area contributed by atoms with E-state index in [-0.39, 0.29) is 5.91 Å². The highest BCUT2D eigenvalue weighted by Gasteiger charge is 2.13. The predicted octanol–water partition coefficient (Wildman–Crippen LogP) is 5.60. The Balaban J connectivity index is 1.50. The Kier molecular flexibility index (Phi) is 5.69. The summed E-state index contributed by atoms with van der Waals surface area (Å²) in [5.74, 6) is 0.602. The lowest BCUT2D eigenvalue weighted by atomic mass is 10.2. The molecule has 0 saturated carbocycles. The topological polar surface area (TPSA) is 46.4 Å². The highest BCUT2D eigenvalue weighted by atomic mass is 32.2. The number of nitrogens with one attached hydrogen (secondary N) is 1. The summed E-state index contributed by atoms with van der Waals surface area (Å²) in [6.07, 6.45) is 6.03. The predicted molar refractivity (Wildman–Crippen MR) is 117 cm³/mol. The zero-order valence-corrected chi connectivity index (χ0v) is 17.0. The van der Waals surface area contributed by atoms with Gasteiger partial charge in [0.2, 0.25) is 0 Å². The van der Waals surface area contributed by atoms with Crippen molar-refractivity contribution in [2.75, 3.05) is 11.6 Å². The zero-order chi connectivity index (χ0) is 19.3. The monoisotopic (exact) mass is 405 g/mol. The number of benzene rings is 2. The third kappa shape index (κ3) is 4.24. The van der Waals surface area contributed by atoms with Gasteiger partial charge in [0, 0.05) is 33.6 Å². The fourth-order valence-corrected chi connectivity index (χ4v) is 4.28. The highest BCUT2D eigenvalue weighted by molar-refractivity contribution is 7.98. The van der Waals surface area contributed by atoms with E-state index in [1.54, 1.807) is 23.5 Å². The summed E-state index contributed by atoms with van der Waals surface area (Å²) in [6, 6.07) is 21.5. The molecule has 0 aliphatic rings. The van der Waals surface area contributed by atoms with E-state index in [9.17, 15) is 4.79 Å². The highest BCUT2D eigenvalue weighted by Crippen LogP contribution is 2.27. The summed E-state index contributed by atoms with van der Waals surface area (Å²) in [6.45, 7) is 0. The number of thioether (sulfide) groups is 2. The maximum atomic E-state index is 12.8. The van der Waals surface area contributed by atoms with Crippen molar-refractivity contribution in [2.45, 2.75) is 15.5 Å². The van der Waals surface area contributed by atoms with Gasteiger partial charge in [0.1, 0.15) is 5.65 Å². The van der Waals surface area contributed by atoms with Gasteiger partial charge in [0.05, 0.1) is 11.3 Å². The summed E-state index contributed by atoms with van der Waals surface area (Å²) in [5.41, 5.74) is 3.39. The maximum absolute atomic E-state index is 12.8. The Labute approximate surface area is 172 Å². The molecule has 2 heterocycles. The minimum Gasteiger partial charge on any atom is -0.322 e. The van der Waals surface area contributed by atoms with Crippen LogP contribution in [0.4, 0.5) is 5.69 Å². The van der Waals surface area contributed by atoms with Gasteiger partial charge in [0.15, 0.2) is 0 Å². The molecule has 4 aromatic rings. The molecule has 0 radical (unpaired) electrons. The van der Waals surface area contributed by atoms with Crippen molar-refractivity contribution in [3.8, 4) is 0 Å². The van der Waals surface area contributed by atoms with Crippen LogP contribution < -0.4 is 5.32 Å². The first-order valence-electron chi connectivity index (χ1n) is 8.83. The third-order valence-corrected chi connectivity index (χ3v) is 6.08. The molecule has 0 saturated heterocycles. The first-order chi connectivity index (χ1) is 13.7. The van der Waals surface area contributed by atoms with Crippen molar-refractivity contribution < 1.29 is 4.79 Å². The molecule has 0 bridgehead atoms. The number of fused-ring (bicyclic) bond motifs is 1. The average molecular weight is 406 g/mol. The summed E-state index contributed by atoms with van der Waals surface area (Å²) in [7, 11) is 0. The van der Waals surface area contributed by atoms with Crippen LogP contribution in [0.5, 0.6) is 0 Å². The molecule has 140 valence electrons. The molecule has 4 nitrogen and oxygen atoms in total. The van der Waals surface area contributed by atoms with Gasteiger partial charge < -0.3 is 9.72 Å². The standard InChI is InChI=1S/C22H19N3OS2/c1-27-18-8-6-7-16(13-18)24-22(26)19-9-2-3-10-20(19)28-15-17-14-25-12-5-4-11-21(25)23-17/h2-14H,15H2,1H3,(H,24,26). The Morgan fingerprint density at radius 1 is 1.07 bits per heavy atom. The van der Waals surface area contributed by atoms with Gasteiger partial charge in [0.25, 0.3) is 5.91 Å². The number of imidazole rings is 1. The molecule has 4 rings (SSSR count). The molecule has 0 aliphatic heterocycles. The Morgan fingerprint density at radius 3 is 2.79 bits per heavy atom. The lowest BCUT2D eigenvalue weighted by Gasteiger charge is -2.10. The second-order valence-corrected chi connectivity index (χ2v) is 8.07. The summed E-state index contributed by atoms with van der Waals surface area (Å²) < 4.78 is 2.01. The SMILES string of the molecule is CSc1cccc(NC(=O)c2ccccc2SCc2cn3ccccc3n2)c1. The maximum Gasteiger partial charge on any atom is 0.256 e. The number of aromatic nitrogens is 2. The van der Waals surface area contributed by atoms with Crippen molar-refractivity contribution in [3.05, 3.63) is 90.4 Å². The van der Waals surface area contributed by atoms with Gasteiger partial charge in [-0.05, 0) is 48.7 Å². The second-order valence-electron chi connectivity index (χ2n) is 6.17. The van der Waals surface area contributed by atoms with Crippen molar-refractivity contribution in [2.24, 2.45) is 0 Å².